The van der Waals surface area contributed by atoms with Crippen molar-refractivity contribution in [2.24, 2.45) is 0 Å². The summed E-state index contributed by atoms with van der Waals surface area (Å²) >= 11 is 0. The van der Waals surface area contributed by atoms with E-state index in [0.29, 0.717) is 18.8 Å². The molecule has 100 valence electrons. The molecule has 0 aliphatic carbocycles. The quantitative estimate of drug-likeness (QED) is 0.473. The molecule has 1 aromatic rings. The molecule has 2 unspecified atom stereocenters. The molecule has 8 heteroatoms. The molecule has 0 amide bonds. The molecular formula is C10H16N4O4. The molecule has 0 bridgehead atoms. The van der Waals surface area contributed by atoms with E-state index in [4.69, 9.17) is 0 Å². The van der Waals surface area contributed by atoms with E-state index < -0.39 is 11.0 Å². The highest BCUT2D eigenvalue weighted by Gasteiger charge is 2.23. The fourth-order valence-electron chi connectivity index (χ4n) is 2.14. The summed E-state index contributed by atoms with van der Waals surface area (Å²) in [4.78, 5) is 17.9. The molecule has 2 atom stereocenters. The maximum absolute atomic E-state index is 10.4. The van der Waals surface area contributed by atoms with Gasteiger partial charge in [0.15, 0.2) is 0 Å². The zero-order valence-corrected chi connectivity index (χ0v) is 9.82. The Hall–Kier alpha value is -1.51. The lowest BCUT2D eigenvalue weighted by molar-refractivity contribution is -0.393. The van der Waals surface area contributed by atoms with E-state index >= 15 is 0 Å². The molecule has 0 aromatic carbocycles. The van der Waals surface area contributed by atoms with Gasteiger partial charge in [-0.3, -0.25) is 4.90 Å². The first-order chi connectivity index (χ1) is 8.54. The number of aliphatic hydroxyl groups is 2. The molecule has 2 heterocycles. The average molecular weight is 256 g/mol. The van der Waals surface area contributed by atoms with Gasteiger partial charge in [-0.05, 0) is 11.3 Å². The van der Waals surface area contributed by atoms with E-state index in [-0.39, 0.29) is 18.5 Å². The van der Waals surface area contributed by atoms with Crippen molar-refractivity contribution in [1.82, 2.24) is 14.9 Å². The van der Waals surface area contributed by atoms with Crippen LogP contribution < -0.4 is 0 Å². The number of aliphatic hydroxyl groups excluding tert-OH is 2. The molecule has 2 rings (SSSR count). The van der Waals surface area contributed by atoms with Gasteiger partial charge in [-0.1, -0.05) is 4.98 Å². The van der Waals surface area contributed by atoms with Crippen LogP contribution in [0.5, 0.6) is 0 Å². The maximum Gasteiger partial charge on any atom is 0.432 e. The lowest BCUT2D eigenvalue weighted by Gasteiger charge is -2.18. The Morgan fingerprint density at radius 1 is 1.72 bits per heavy atom. The number of likely N-dealkylation sites (tertiary alicyclic amines) is 1. The number of imidazole rings is 1. The van der Waals surface area contributed by atoms with E-state index in [0.717, 1.165) is 13.0 Å². The molecule has 0 saturated carbocycles. The fraction of sp³-hybridized carbons (Fsp3) is 0.700. The van der Waals surface area contributed by atoms with Gasteiger partial charge in [-0.25, -0.2) is 4.98 Å². The van der Waals surface area contributed by atoms with Gasteiger partial charge in [-0.2, -0.15) is 0 Å². The van der Waals surface area contributed by atoms with Crippen LogP contribution in [0.15, 0.2) is 6.20 Å². The summed E-state index contributed by atoms with van der Waals surface area (Å²) in [5.41, 5.74) is 0.536. The number of nitrogens with one attached hydrogen (secondary N) is 1. The third kappa shape index (κ3) is 3.25. The van der Waals surface area contributed by atoms with Crippen molar-refractivity contribution >= 4 is 5.95 Å². The Kier molecular flexibility index (Phi) is 3.90. The first-order valence-electron chi connectivity index (χ1n) is 5.81. The van der Waals surface area contributed by atoms with Crippen LogP contribution >= 0.6 is 0 Å². The van der Waals surface area contributed by atoms with Crippen molar-refractivity contribution in [3.05, 3.63) is 22.0 Å². The predicted octanol–water partition coefficient (Wildman–Crippen LogP) is -0.712. The van der Waals surface area contributed by atoms with Crippen LogP contribution in [0, 0.1) is 10.1 Å². The van der Waals surface area contributed by atoms with Gasteiger partial charge in [-0.15, -0.1) is 0 Å². The van der Waals surface area contributed by atoms with Gasteiger partial charge >= 0.3 is 5.95 Å². The maximum atomic E-state index is 10.4. The number of rotatable bonds is 5. The monoisotopic (exact) mass is 256 g/mol. The molecule has 3 N–H and O–H groups in total. The molecule has 1 aliphatic rings. The number of hydrogen-bond acceptors (Lipinski definition) is 6. The number of H-pyrrole nitrogens is 1. The minimum atomic E-state index is -0.629. The first-order valence-corrected chi connectivity index (χ1v) is 5.81. The number of β-amino-alcohol motifs (C(OH)–C–C–N with tert-alkyl or cyclic N) is 2. The Morgan fingerprint density at radius 2 is 2.50 bits per heavy atom. The molecule has 0 spiro atoms. The normalized spacial score (nSPS) is 22.2. The minimum absolute atomic E-state index is 0.285. The SMILES string of the molecule is O=[N+]([O-])c1ncc(CC(O)CN2CCC(O)C2)[nH]1. The van der Waals surface area contributed by atoms with E-state index in [1.165, 1.54) is 6.20 Å². The van der Waals surface area contributed by atoms with Crippen LogP contribution in [-0.2, 0) is 6.42 Å². The van der Waals surface area contributed by atoms with Crippen LogP contribution in [0.25, 0.3) is 0 Å². The highest BCUT2D eigenvalue weighted by molar-refractivity contribution is 5.11. The Bertz CT molecular complexity index is 422. The minimum Gasteiger partial charge on any atom is -0.392 e. The third-order valence-electron chi connectivity index (χ3n) is 2.96. The summed E-state index contributed by atoms with van der Waals surface area (Å²) < 4.78 is 0. The zero-order valence-electron chi connectivity index (χ0n) is 9.82. The van der Waals surface area contributed by atoms with E-state index in [9.17, 15) is 20.3 Å². The molecule has 18 heavy (non-hydrogen) atoms. The summed E-state index contributed by atoms with van der Waals surface area (Å²) in [5.74, 6) is -0.311. The number of aromatic amines is 1. The number of nitro groups is 1. The van der Waals surface area contributed by atoms with Gasteiger partial charge in [0.2, 0.25) is 0 Å². The topological polar surface area (TPSA) is 116 Å². The van der Waals surface area contributed by atoms with Crippen molar-refractivity contribution < 1.29 is 15.1 Å². The largest absolute Gasteiger partial charge is 0.432 e. The van der Waals surface area contributed by atoms with Crippen molar-refractivity contribution in [2.45, 2.75) is 25.0 Å². The van der Waals surface area contributed by atoms with Gasteiger partial charge in [0.1, 0.15) is 11.9 Å². The molecule has 8 nitrogen and oxygen atoms in total. The second-order valence-electron chi connectivity index (χ2n) is 4.55. The number of aromatic nitrogens is 2. The molecular weight excluding hydrogens is 240 g/mol. The van der Waals surface area contributed by atoms with Crippen LogP contribution in [0.4, 0.5) is 5.95 Å². The van der Waals surface area contributed by atoms with Gasteiger partial charge in [0, 0.05) is 26.1 Å². The fourth-order valence-corrected chi connectivity index (χ4v) is 2.14. The zero-order chi connectivity index (χ0) is 13.1. The van der Waals surface area contributed by atoms with Crippen LogP contribution in [0.1, 0.15) is 12.1 Å². The Morgan fingerprint density at radius 3 is 3.06 bits per heavy atom. The van der Waals surface area contributed by atoms with Crippen LogP contribution in [-0.4, -0.2) is 61.8 Å². The third-order valence-corrected chi connectivity index (χ3v) is 2.96. The van der Waals surface area contributed by atoms with Gasteiger partial charge in [0.25, 0.3) is 0 Å². The Labute approximate surface area is 103 Å². The predicted molar refractivity (Wildman–Crippen MR) is 62.0 cm³/mol. The summed E-state index contributed by atoms with van der Waals surface area (Å²) in [6, 6.07) is 0. The number of nitrogens with zero attached hydrogens (tertiary/aromatic N) is 3. The second kappa shape index (κ2) is 5.42. The van der Waals surface area contributed by atoms with E-state index in [1.807, 2.05) is 4.90 Å². The lowest BCUT2D eigenvalue weighted by atomic mass is 10.2. The van der Waals surface area contributed by atoms with Crippen LogP contribution in [0.3, 0.4) is 0 Å². The second-order valence-corrected chi connectivity index (χ2v) is 4.55. The summed E-state index contributed by atoms with van der Waals surface area (Å²) in [6.45, 7) is 1.78. The first kappa shape index (κ1) is 12.9. The summed E-state index contributed by atoms with van der Waals surface area (Å²) in [5, 5.41) is 29.6. The summed E-state index contributed by atoms with van der Waals surface area (Å²) in [7, 11) is 0. The highest BCUT2D eigenvalue weighted by Crippen LogP contribution is 2.12. The summed E-state index contributed by atoms with van der Waals surface area (Å²) in [6.07, 6.45) is 1.43. The molecule has 0 radical (unpaired) electrons. The molecule has 1 fully saturated rings. The van der Waals surface area contributed by atoms with E-state index in [1.54, 1.807) is 0 Å². The molecule has 1 aliphatic heterocycles. The van der Waals surface area contributed by atoms with Gasteiger partial charge in [0.05, 0.1) is 12.2 Å². The molecule has 1 aromatic heterocycles. The number of hydrogen-bond donors (Lipinski definition) is 3. The van der Waals surface area contributed by atoms with Crippen molar-refractivity contribution in [3.8, 4) is 0 Å². The smallest absolute Gasteiger partial charge is 0.392 e. The van der Waals surface area contributed by atoms with Gasteiger partial charge < -0.3 is 20.3 Å². The van der Waals surface area contributed by atoms with E-state index in [2.05, 4.69) is 9.97 Å². The molecule has 1 saturated heterocycles. The van der Waals surface area contributed by atoms with Crippen molar-refractivity contribution in [3.63, 3.8) is 0 Å². The van der Waals surface area contributed by atoms with Crippen molar-refractivity contribution in [2.75, 3.05) is 19.6 Å². The van der Waals surface area contributed by atoms with Crippen molar-refractivity contribution in [1.29, 1.82) is 0 Å². The highest BCUT2D eigenvalue weighted by atomic mass is 16.6. The Balaban J connectivity index is 1.82. The lowest BCUT2D eigenvalue weighted by Crippen LogP contribution is -2.32. The van der Waals surface area contributed by atoms with Crippen LogP contribution in [0.2, 0.25) is 0 Å². The average Bonchev–Trinajstić information content (AvgIpc) is 2.88. The standard InChI is InChI=1S/C10H16N4O4/c15-8-1-2-13(5-8)6-9(16)3-7-4-11-10(12-7)14(17)18/h4,8-9,15-16H,1-3,5-6H2,(H,11,12).